The number of nitrogens with two attached hydrogens (primary N) is 1. The molecule has 0 aliphatic heterocycles. The van der Waals surface area contributed by atoms with Crippen molar-refractivity contribution in [2.75, 3.05) is 34.0 Å². The second kappa shape index (κ2) is 25.3. The average Bonchev–Trinajstić information content (AvgIpc) is 3.16. The number of phenolic OH excluding ortho intramolecular Hbond substituents is 1. The molecule has 34 heteroatoms. The number of anilines is 7. The third-order valence-corrected chi connectivity index (χ3v) is 12.8. The molecule has 0 aliphatic carbocycles. The third kappa shape index (κ3) is 17.1. The number of azo groups is 1. The molecule has 0 atom stereocenters. The van der Waals surface area contributed by atoms with Gasteiger partial charge in [0, 0.05) is 17.1 Å². The molecule has 0 saturated carbocycles. The van der Waals surface area contributed by atoms with Crippen molar-refractivity contribution >= 4 is 113 Å². The van der Waals surface area contributed by atoms with Crippen LogP contribution in [0.25, 0.3) is 10.8 Å². The van der Waals surface area contributed by atoms with Crippen LogP contribution in [0.5, 0.6) is 5.75 Å². The van der Waals surface area contributed by atoms with Crippen LogP contribution in [0.2, 0.25) is 0 Å². The van der Waals surface area contributed by atoms with Gasteiger partial charge in [-0.2, -0.15) is 15.0 Å². The van der Waals surface area contributed by atoms with E-state index in [0.717, 1.165) is 48.5 Å². The van der Waals surface area contributed by atoms with E-state index in [2.05, 4.69) is 45.3 Å². The van der Waals surface area contributed by atoms with Gasteiger partial charge in [0.1, 0.15) is 47.5 Å². The fourth-order valence-corrected chi connectivity index (χ4v) is 8.54. The van der Waals surface area contributed by atoms with Crippen LogP contribution in [0, 0.1) is 0 Å². The van der Waals surface area contributed by atoms with Crippen molar-refractivity contribution in [1.82, 2.24) is 15.0 Å². The van der Waals surface area contributed by atoms with E-state index >= 15 is 0 Å². The number of nitrogen functional groups attached to an aromatic ring is 1. The number of phenols is 1. The Morgan fingerprint density at radius 2 is 1.12 bits per heavy atom. The van der Waals surface area contributed by atoms with Crippen molar-refractivity contribution < 1.29 is 188 Å². The van der Waals surface area contributed by atoms with E-state index in [9.17, 15) is 65.4 Å². The molecule has 0 spiro atoms. The molecule has 6 aromatic rings. The summed E-state index contributed by atoms with van der Waals surface area (Å²) in [7, 11) is -24.4. The van der Waals surface area contributed by atoms with Gasteiger partial charge in [0.05, 0.1) is 43.0 Å². The monoisotopic (exact) mass is 1070 g/mol. The number of rotatable bonds is 16. The zero-order chi connectivity index (χ0) is 46.1. The van der Waals surface area contributed by atoms with E-state index in [0.29, 0.717) is 6.07 Å². The van der Waals surface area contributed by atoms with Crippen LogP contribution in [0.15, 0.2) is 121 Å². The van der Waals surface area contributed by atoms with Crippen LogP contribution >= 0.6 is 0 Å². The van der Waals surface area contributed by atoms with Gasteiger partial charge in [-0.1, -0.05) is 19.6 Å². The molecular formula is C34H29N9Na4O16S5. The first-order chi connectivity index (χ1) is 29.2. The predicted molar refractivity (Wildman–Crippen MR) is 222 cm³/mol. The fourth-order valence-electron chi connectivity index (χ4n) is 5.42. The van der Waals surface area contributed by atoms with Crippen molar-refractivity contribution in [3.63, 3.8) is 0 Å². The maximum Gasteiger partial charge on any atom is 1.00 e. The standard InChI is InChI=1S/C33H29N9O16S5.CH4.4Na/c34-25-10-4-18-14-24(61(49,50)51)17-27(43)29(18)30(25)42-41-26-16-21(7-11-28(26)62(52,53)54)37-33-39-31(38-32(40-33)36-20-2-1-3-23(15-20)60(46,47)48)35-19-5-8-22(9-6-19)59(44,45)13-12-58-63(55,56)57;;;;;/h1-11,14-17,43H,12-13,34H2,(H,46,47,48)(H,49,50,51)(H,52,53,54)(H,55,56,57)(H3,35,36,37,38,39,40);1H4;;;;/q;;4*+1/p-4. The summed E-state index contributed by atoms with van der Waals surface area (Å²) in [6.07, 6.45) is 0. The third-order valence-electron chi connectivity index (χ3n) is 8.17. The van der Waals surface area contributed by atoms with E-state index in [-0.39, 0.29) is 188 Å². The van der Waals surface area contributed by atoms with Crippen LogP contribution in [-0.2, 0) is 54.8 Å². The minimum absolute atomic E-state index is 0. The zero-order valence-corrected chi connectivity index (χ0v) is 47.1. The van der Waals surface area contributed by atoms with Crippen molar-refractivity contribution in [1.29, 1.82) is 0 Å². The van der Waals surface area contributed by atoms with Crippen LogP contribution in [0.3, 0.4) is 0 Å². The van der Waals surface area contributed by atoms with Gasteiger partial charge in [-0.15, -0.1) is 10.2 Å². The first-order valence-electron chi connectivity index (χ1n) is 16.8. The van der Waals surface area contributed by atoms with Gasteiger partial charge in [0.15, 0.2) is 9.84 Å². The molecule has 0 fully saturated rings. The van der Waals surface area contributed by atoms with Gasteiger partial charge >= 0.3 is 118 Å². The Labute approximate surface area is 477 Å². The van der Waals surface area contributed by atoms with Crippen LogP contribution in [0.4, 0.5) is 52.0 Å². The topological polar surface area (TPSA) is 418 Å². The first kappa shape index (κ1) is 63.5. The molecule has 6 rings (SSSR count). The molecule has 340 valence electrons. The molecule has 68 heavy (non-hydrogen) atoms. The SMILES string of the molecule is C.Nc1ccc2cc(S(=O)(=O)[O-])cc(O)c2c1N=Nc1cc(Nc2nc(Nc3ccc(S(=O)(=O)CCOS(=O)(=O)[O-])cc3)nc(Nc3cccc(S(=O)(=O)[O-])c3)n2)ccc1S(=O)(=O)[O-].[Na+].[Na+].[Na+].[Na+]. The molecule has 25 nitrogen and oxygen atoms in total. The van der Waals surface area contributed by atoms with Crippen molar-refractivity contribution in [2.45, 2.75) is 27.0 Å². The Hall–Kier alpha value is -2.48. The molecule has 6 N–H and O–H groups in total. The first-order valence-corrected chi connectivity index (χ1v) is 24.1. The number of nitrogens with one attached hydrogen (secondary N) is 3. The molecule has 0 unspecified atom stereocenters. The molecule has 1 aromatic heterocycles. The minimum atomic E-state index is -5.25. The summed E-state index contributed by atoms with van der Waals surface area (Å²) in [5, 5.41) is 26.5. The molecule has 0 radical (unpaired) electrons. The second-order valence-corrected chi connectivity index (χ2v) is 19.8. The average molecular weight is 1070 g/mol. The maximum absolute atomic E-state index is 12.6. The second-order valence-electron chi connectivity index (χ2n) is 12.6. The number of fused-ring (bicyclic) bond motifs is 1. The van der Waals surface area contributed by atoms with Gasteiger partial charge in [0.25, 0.3) is 0 Å². The van der Waals surface area contributed by atoms with Crippen LogP contribution in [0.1, 0.15) is 7.43 Å². The summed E-state index contributed by atoms with van der Waals surface area (Å²) in [6.45, 7) is -0.932. The normalized spacial score (nSPS) is 11.8. The van der Waals surface area contributed by atoms with E-state index < -0.39 is 89.1 Å². The largest absolute Gasteiger partial charge is 1.00 e. The number of benzene rings is 5. The van der Waals surface area contributed by atoms with E-state index in [1.54, 1.807) is 0 Å². The quantitative estimate of drug-likeness (QED) is 0.0198. The van der Waals surface area contributed by atoms with E-state index in [1.807, 2.05) is 0 Å². The van der Waals surface area contributed by atoms with E-state index in [4.69, 9.17) is 5.73 Å². The van der Waals surface area contributed by atoms with Crippen molar-refractivity contribution in [3.05, 3.63) is 91.0 Å². The number of hydrogen-bond acceptors (Lipinski definition) is 25. The minimum Gasteiger partial charge on any atom is -0.744 e. The van der Waals surface area contributed by atoms with Gasteiger partial charge in [-0.3, -0.25) is 4.18 Å². The summed E-state index contributed by atoms with van der Waals surface area (Å²) in [5.41, 5.74) is 5.11. The Bertz CT molecular complexity index is 3420. The molecule has 0 aliphatic rings. The van der Waals surface area contributed by atoms with Gasteiger partial charge in [-0.25, -0.2) is 42.1 Å². The molecule has 0 saturated heterocycles. The molecule has 5 aromatic carbocycles. The number of aromatic hydroxyl groups is 1. The predicted octanol–water partition coefficient (Wildman–Crippen LogP) is -8.43. The van der Waals surface area contributed by atoms with E-state index in [1.165, 1.54) is 36.4 Å². The molecule has 0 amide bonds. The Balaban J connectivity index is 0.00000462. The van der Waals surface area contributed by atoms with Crippen molar-refractivity contribution in [2.24, 2.45) is 10.2 Å². The van der Waals surface area contributed by atoms with Crippen molar-refractivity contribution in [3.8, 4) is 5.75 Å². The summed E-state index contributed by atoms with van der Waals surface area (Å²) in [5.74, 6) is -2.50. The summed E-state index contributed by atoms with van der Waals surface area (Å²) < 4.78 is 168. The van der Waals surface area contributed by atoms with Gasteiger partial charge in [-0.05, 0) is 84.2 Å². The summed E-state index contributed by atoms with van der Waals surface area (Å²) >= 11 is 0. The molecular weight excluding hydrogens is 1040 g/mol. The summed E-state index contributed by atoms with van der Waals surface area (Å²) in [6, 6.07) is 16.5. The number of nitrogens with zero attached hydrogens (tertiary/aromatic N) is 5. The smallest absolute Gasteiger partial charge is 0.744 e. The molecule has 0 bridgehead atoms. The summed E-state index contributed by atoms with van der Waals surface area (Å²) in [4.78, 5) is 10.1. The van der Waals surface area contributed by atoms with Gasteiger partial charge in [0.2, 0.25) is 28.2 Å². The maximum atomic E-state index is 12.6. The number of aromatic nitrogens is 3. The van der Waals surface area contributed by atoms with Crippen LogP contribution < -0.4 is 140 Å². The molecule has 1 heterocycles. The van der Waals surface area contributed by atoms with Gasteiger partial charge < -0.3 is 45.0 Å². The Kier molecular flexibility index (Phi) is 23.6. The van der Waals surface area contributed by atoms with Crippen LogP contribution in [-0.4, -0.2) is 92.7 Å². The Morgan fingerprint density at radius 3 is 1.65 bits per heavy atom. The zero-order valence-electron chi connectivity index (χ0n) is 35.0. The Morgan fingerprint density at radius 1 is 0.588 bits per heavy atom. The fraction of sp³-hybridized carbons (Fsp3) is 0.0882. The number of sulfone groups is 1. The number of hydrogen-bond donors (Lipinski definition) is 5.